The lowest BCUT2D eigenvalue weighted by atomic mass is 9.86. The molecule has 0 aliphatic rings. The van der Waals surface area contributed by atoms with Crippen molar-refractivity contribution in [3.8, 4) is 5.75 Å². The largest absolute Gasteiger partial charge is 0.494 e. The normalized spacial score (nSPS) is 13.8. The van der Waals surface area contributed by atoms with Crippen molar-refractivity contribution in [2.75, 3.05) is 6.61 Å². The van der Waals surface area contributed by atoms with Crippen LogP contribution in [0.4, 0.5) is 0 Å². The fraction of sp³-hybridized carbons (Fsp3) is 0.294. The highest BCUT2D eigenvalue weighted by Gasteiger charge is 2.23. The van der Waals surface area contributed by atoms with Crippen molar-refractivity contribution in [3.05, 3.63) is 65.7 Å². The molecule has 2 nitrogen and oxygen atoms in total. The molecular weight excluding hydrogens is 234 g/mol. The molecule has 0 amide bonds. The molecule has 0 saturated carbocycles. The summed E-state index contributed by atoms with van der Waals surface area (Å²) in [5.41, 5.74) is 8.18. The predicted octanol–water partition coefficient (Wildman–Crippen LogP) is 3.70. The van der Waals surface area contributed by atoms with Crippen molar-refractivity contribution in [2.24, 2.45) is 5.73 Å². The van der Waals surface area contributed by atoms with Crippen LogP contribution in [0.2, 0.25) is 0 Å². The van der Waals surface area contributed by atoms with Crippen molar-refractivity contribution in [3.63, 3.8) is 0 Å². The van der Waals surface area contributed by atoms with Crippen LogP contribution in [0.25, 0.3) is 0 Å². The van der Waals surface area contributed by atoms with Gasteiger partial charge >= 0.3 is 0 Å². The SMILES string of the molecule is CCCOc1ccc(C(C)(N)c2ccccc2)cc1. The van der Waals surface area contributed by atoms with Crippen molar-refractivity contribution < 1.29 is 4.74 Å². The fourth-order valence-corrected chi connectivity index (χ4v) is 2.07. The van der Waals surface area contributed by atoms with E-state index < -0.39 is 5.54 Å². The zero-order valence-corrected chi connectivity index (χ0v) is 11.6. The lowest BCUT2D eigenvalue weighted by molar-refractivity contribution is 0.317. The predicted molar refractivity (Wildman–Crippen MR) is 79.3 cm³/mol. The molecule has 1 unspecified atom stereocenters. The maximum absolute atomic E-state index is 6.47. The van der Waals surface area contributed by atoms with Crippen LogP contribution in [0.15, 0.2) is 54.6 Å². The highest BCUT2D eigenvalue weighted by atomic mass is 16.5. The topological polar surface area (TPSA) is 35.2 Å². The Balaban J connectivity index is 2.21. The van der Waals surface area contributed by atoms with Gasteiger partial charge in [-0.2, -0.15) is 0 Å². The average molecular weight is 255 g/mol. The summed E-state index contributed by atoms with van der Waals surface area (Å²) in [4.78, 5) is 0. The third-order valence-corrected chi connectivity index (χ3v) is 3.30. The third kappa shape index (κ3) is 3.15. The van der Waals surface area contributed by atoms with Crippen molar-refractivity contribution in [1.82, 2.24) is 0 Å². The summed E-state index contributed by atoms with van der Waals surface area (Å²) in [7, 11) is 0. The van der Waals surface area contributed by atoms with Gasteiger partial charge in [0.2, 0.25) is 0 Å². The third-order valence-electron chi connectivity index (χ3n) is 3.30. The molecule has 0 aliphatic heterocycles. The molecule has 0 bridgehead atoms. The molecule has 2 N–H and O–H groups in total. The summed E-state index contributed by atoms with van der Waals surface area (Å²) in [6.45, 7) is 4.88. The molecule has 0 spiro atoms. The van der Waals surface area contributed by atoms with Gasteiger partial charge in [-0.3, -0.25) is 0 Å². The minimum atomic E-state index is -0.482. The highest BCUT2D eigenvalue weighted by molar-refractivity contribution is 5.39. The Kier molecular flexibility index (Phi) is 4.23. The van der Waals surface area contributed by atoms with Crippen LogP contribution in [0.5, 0.6) is 5.75 Å². The first-order valence-electron chi connectivity index (χ1n) is 6.72. The van der Waals surface area contributed by atoms with Gasteiger partial charge in [-0.15, -0.1) is 0 Å². The van der Waals surface area contributed by atoms with Crippen LogP contribution in [-0.2, 0) is 5.54 Å². The Labute approximate surface area is 115 Å². The van der Waals surface area contributed by atoms with Gasteiger partial charge < -0.3 is 10.5 Å². The van der Waals surface area contributed by atoms with E-state index in [-0.39, 0.29) is 0 Å². The van der Waals surface area contributed by atoms with E-state index in [9.17, 15) is 0 Å². The average Bonchev–Trinajstić information content (AvgIpc) is 2.46. The Morgan fingerprint density at radius 1 is 0.947 bits per heavy atom. The van der Waals surface area contributed by atoms with Crippen LogP contribution in [0, 0.1) is 0 Å². The van der Waals surface area contributed by atoms with E-state index >= 15 is 0 Å². The number of hydrogen-bond acceptors (Lipinski definition) is 2. The van der Waals surface area contributed by atoms with E-state index in [0.29, 0.717) is 0 Å². The lowest BCUT2D eigenvalue weighted by Gasteiger charge is -2.26. The molecule has 0 aliphatic carbocycles. The molecule has 0 aromatic heterocycles. The second-order valence-corrected chi connectivity index (χ2v) is 4.94. The van der Waals surface area contributed by atoms with Crippen molar-refractivity contribution in [2.45, 2.75) is 25.8 Å². The van der Waals surface area contributed by atoms with Crippen LogP contribution in [0.1, 0.15) is 31.4 Å². The van der Waals surface area contributed by atoms with Crippen LogP contribution in [0.3, 0.4) is 0 Å². The van der Waals surface area contributed by atoms with Gasteiger partial charge in [0, 0.05) is 0 Å². The number of ether oxygens (including phenoxy) is 1. The van der Waals surface area contributed by atoms with Gasteiger partial charge in [-0.05, 0) is 36.6 Å². The maximum Gasteiger partial charge on any atom is 0.119 e. The van der Waals surface area contributed by atoms with Gasteiger partial charge in [0.05, 0.1) is 12.1 Å². The molecule has 0 fully saturated rings. The molecule has 1 atom stereocenters. The number of hydrogen-bond donors (Lipinski definition) is 1. The summed E-state index contributed by atoms with van der Waals surface area (Å²) in [6, 6.07) is 18.2. The zero-order valence-electron chi connectivity index (χ0n) is 11.6. The fourth-order valence-electron chi connectivity index (χ4n) is 2.07. The van der Waals surface area contributed by atoms with Crippen molar-refractivity contribution >= 4 is 0 Å². The summed E-state index contributed by atoms with van der Waals surface area (Å²) >= 11 is 0. The smallest absolute Gasteiger partial charge is 0.119 e. The summed E-state index contributed by atoms with van der Waals surface area (Å²) in [5.74, 6) is 0.898. The molecule has 19 heavy (non-hydrogen) atoms. The summed E-state index contributed by atoms with van der Waals surface area (Å²) in [6.07, 6.45) is 1.01. The molecule has 0 radical (unpaired) electrons. The quantitative estimate of drug-likeness (QED) is 0.884. The minimum absolute atomic E-state index is 0.482. The monoisotopic (exact) mass is 255 g/mol. The lowest BCUT2D eigenvalue weighted by Crippen LogP contribution is -2.34. The van der Waals surface area contributed by atoms with Crippen LogP contribution in [-0.4, -0.2) is 6.61 Å². The minimum Gasteiger partial charge on any atom is -0.494 e. The zero-order chi connectivity index (χ0) is 13.7. The van der Waals surface area contributed by atoms with Crippen LogP contribution < -0.4 is 10.5 Å². The van der Waals surface area contributed by atoms with Crippen molar-refractivity contribution in [1.29, 1.82) is 0 Å². The first-order chi connectivity index (χ1) is 9.14. The van der Waals surface area contributed by atoms with Gasteiger partial charge in [0.1, 0.15) is 5.75 Å². The van der Waals surface area contributed by atoms with Crippen LogP contribution >= 0.6 is 0 Å². The van der Waals surface area contributed by atoms with E-state index in [1.165, 1.54) is 0 Å². The van der Waals surface area contributed by atoms with Gasteiger partial charge in [0.15, 0.2) is 0 Å². The Morgan fingerprint density at radius 3 is 2.11 bits per heavy atom. The first-order valence-corrected chi connectivity index (χ1v) is 6.72. The second kappa shape index (κ2) is 5.89. The van der Waals surface area contributed by atoms with Gasteiger partial charge in [-0.1, -0.05) is 49.4 Å². The molecule has 2 aromatic carbocycles. The van der Waals surface area contributed by atoms with E-state index in [4.69, 9.17) is 10.5 Å². The highest BCUT2D eigenvalue weighted by Crippen LogP contribution is 2.27. The first kappa shape index (κ1) is 13.6. The molecule has 0 heterocycles. The van der Waals surface area contributed by atoms with E-state index in [2.05, 4.69) is 19.1 Å². The van der Waals surface area contributed by atoms with Gasteiger partial charge in [-0.25, -0.2) is 0 Å². The van der Waals surface area contributed by atoms with E-state index in [0.717, 1.165) is 29.9 Å². The molecule has 2 rings (SSSR count). The van der Waals surface area contributed by atoms with E-state index in [1.54, 1.807) is 0 Å². The Bertz CT molecular complexity index is 503. The second-order valence-electron chi connectivity index (χ2n) is 4.94. The number of benzene rings is 2. The maximum atomic E-state index is 6.47. The Morgan fingerprint density at radius 2 is 1.53 bits per heavy atom. The standard InChI is InChI=1S/C17H21NO/c1-3-13-19-16-11-9-15(10-12-16)17(2,18)14-7-5-4-6-8-14/h4-12H,3,13,18H2,1-2H3. The number of rotatable bonds is 5. The summed E-state index contributed by atoms with van der Waals surface area (Å²) < 4.78 is 5.59. The van der Waals surface area contributed by atoms with E-state index in [1.807, 2.05) is 49.4 Å². The number of nitrogens with two attached hydrogens (primary N) is 1. The molecule has 100 valence electrons. The summed E-state index contributed by atoms with van der Waals surface area (Å²) in [5, 5.41) is 0. The molecule has 2 aromatic rings. The molecular formula is C17H21NO. The van der Waals surface area contributed by atoms with Gasteiger partial charge in [0.25, 0.3) is 0 Å². The Hall–Kier alpha value is -1.80. The molecule has 2 heteroatoms. The molecule has 0 saturated heterocycles.